The third kappa shape index (κ3) is 1.99. The van der Waals surface area contributed by atoms with Crippen LogP contribution in [0.25, 0.3) is 10.8 Å². The number of rotatable bonds is 2. The zero-order valence-corrected chi connectivity index (χ0v) is 11.9. The highest BCUT2D eigenvalue weighted by Gasteiger charge is 2.16. The molecular weight excluding hydrogens is 308 g/mol. The van der Waals surface area contributed by atoms with E-state index in [2.05, 4.69) is 28.1 Å². The average molecular weight is 319 g/mol. The van der Waals surface area contributed by atoms with Crippen LogP contribution >= 0.6 is 27.3 Å². The highest BCUT2D eigenvalue weighted by Crippen LogP contribution is 2.34. The summed E-state index contributed by atoms with van der Waals surface area (Å²) in [5.74, 6) is 0. The second-order valence-corrected chi connectivity index (χ2v) is 5.74. The van der Waals surface area contributed by atoms with E-state index in [-0.39, 0.29) is 0 Å². The zero-order valence-electron chi connectivity index (χ0n) is 9.51. The van der Waals surface area contributed by atoms with E-state index in [4.69, 9.17) is 0 Å². The highest BCUT2D eigenvalue weighted by atomic mass is 79.9. The molecule has 0 saturated carbocycles. The molecule has 0 radical (unpaired) electrons. The van der Waals surface area contributed by atoms with Crippen LogP contribution in [0.4, 0.5) is 0 Å². The van der Waals surface area contributed by atoms with Crippen LogP contribution in [0.15, 0.2) is 57.7 Å². The first-order valence-electron chi connectivity index (χ1n) is 5.64. The maximum absolute atomic E-state index is 10.5. The molecular formula is C15H11BrOS. The molecule has 0 bridgehead atoms. The maximum Gasteiger partial charge on any atom is 0.107 e. The number of benzene rings is 2. The summed E-state index contributed by atoms with van der Waals surface area (Å²) in [6, 6.07) is 14.2. The summed E-state index contributed by atoms with van der Waals surface area (Å²) in [6.45, 7) is 0. The van der Waals surface area contributed by atoms with Crippen molar-refractivity contribution in [3.63, 3.8) is 0 Å². The monoisotopic (exact) mass is 318 g/mol. The zero-order chi connectivity index (χ0) is 12.5. The molecule has 1 N–H and O–H groups in total. The summed E-state index contributed by atoms with van der Waals surface area (Å²) < 4.78 is 0.966. The fraction of sp³-hybridized carbons (Fsp3) is 0.0667. The van der Waals surface area contributed by atoms with Gasteiger partial charge in [0, 0.05) is 15.4 Å². The molecule has 0 aliphatic rings. The fourth-order valence-electron chi connectivity index (χ4n) is 2.14. The minimum Gasteiger partial charge on any atom is -0.384 e. The SMILES string of the molecule is OC(c1cscc1Br)c1cccc2ccccc12. The van der Waals surface area contributed by atoms with E-state index in [9.17, 15) is 5.11 Å². The molecule has 0 aliphatic carbocycles. The lowest BCUT2D eigenvalue weighted by Gasteiger charge is -2.13. The van der Waals surface area contributed by atoms with E-state index in [1.54, 1.807) is 11.3 Å². The Kier molecular flexibility index (Phi) is 3.20. The predicted octanol–water partition coefficient (Wildman–Crippen LogP) is 4.75. The minimum absolute atomic E-state index is 0.586. The Hall–Kier alpha value is -1.16. The molecule has 3 heteroatoms. The third-order valence-corrected chi connectivity index (χ3v) is 4.81. The summed E-state index contributed by atoms with van der Waals surface area (Å²) >= 11 is 5.07. The minimum atomic E-state index is -0.586. The van der Waals surface area contributed by atoms with Crippen LogP contribution in [0.5, 0.6) is 0 Å². The van der Waals surface area contributed by atoms with Crippen molar-refractivity contribution in [3.05, 3.63) is 68.8 Å². The Morgan fingerprint density at radius 3 is 2.50 bits per heavy atom. The molecule has 1 nitrogen and oxygen atoms in total. The molecule has 0 saturated heterocycles. The van der Waals surface area contributed by atoms with Crippen LogP contribution in [0, 0.1) is 0 Å². The van der Waals surface area contributed by atoms with Crippen LogP contribution in [0.1, 0.15) is 17.2 Å². The van der Waals surface area contributed by atoms with Crippen LogP contribution in [0.2, 0.25) is 0 Å². The number of aliphatic hydroxyl groups excluding tert-OH is 1. The number of aliphatic hydroxyl groups is 1. The third-order valence-electron chi connectivity index (χ3n) is 3.05. The molecule has 18 heavy (non-hydrogen) atoms. The summed E-state index contributed by atoms with van der Waals surface area (Å²) in [6.07, 6.45) is -0.586. The molecule has 0 spiro atoms. The van der Waals surface area contributed by atoms with Gasteiger partial charge in [0.2, 0.25) is 0 Å². The van der Waals surface area contributed by atoms with E-state index in [0.717, 1.165) is 26.4 Å². The summed E-state index contributed by atoms with van der Waals surface area (Å²) in [5, 5.41) is 16.8. The normalized spacial score (nSPS) is 12.8. The van der Waals surface area contributed by atoms with Gasteiger partial charge in [-0.3, -0.25) is 0 Å². The van der Waals surface area contributed by atoms with Gasteiger partial charge in [-0.15, -0.1) is 0 Å². The van der Waals surface area contributed by atoms with Crippen molar-refractivity contribution < 1.29 is 5.11 Å². The quantitative estimate of drug-likeness (QED) is 0.723. The molecule has 0 fully saturated rings. The Morgan fingerprint density at radius 1 is 0.944 bits per heavy atom. The molecule has 3 rings (SSSR count). The average Bonchev–Trinajstić information content (AvgIpc) is 2.83. The van der Waals surface area contributed by atoms with Gasteiger partial charge >= 0.3 is 0 Å². The lowest BCUT2D eigenvalue weighted by atomic mass is 9.97. The smallest absolute Gasteiger partial charge is 0.107 e. The van der Waals surface area contributed by atoms with Gasteiger partial charge in [-0.25, -0.2) is 0 Å². The Bertz CT molecular complexity index is 684. The first-order chi connectivity index (χ1) is 8.77. The number of thiophene rings is 1. The van der Waals surface area contributed by atoms with Crippen LogP contribution in [0.3, 0.4) is 0 Å². The standard InChI is InChI=1S/C15H11BrOS/c16-14-9-18-8-13(14)15(17)12-7-3-5-10-4-1-2-6-11(10)12/h1-9,15,17H. The Balaban J connectivity index is 2.18. The van der Waals surface area contributed by atoms with E-state index < -0.39 is 6.10 Å². The van der Waals surface area contributed by atoms with Gasteiger partial charge < -0.3 is 5.11 Å². The lowest BCUT2D eigenvalue weighted by Crippen LogP contribution is -1.99. The van der Waals surface area contributed by atoms with Gasteiger partial charge in [0.1, 0.15) is 6.10 Å². The van der Waals surface area contributed by atoms with Crippen LogP contribution < -0.4 is 0 Å². The van der Waals surface area contributed by atoms with Gasteiger partial charge in [0.05, 0.1) is 0 Å². The first-order valence-corrected chi connectivity index (χ1v) is 7.38. The van der Waals surface area contributed by atoms with Crippen molar-refractivity contribution in [3.8, 4) is 0 Å². The summed E-state index contributed by atoms with van der Waals surface area (Å²) in [5.41, 5.74) is 1.88. The Morgan fingerprint density at radius 2 is 1.72 bits per heavy atom. The highest BCUT2D eigenvalue weighted by molar-refractivity contribution is 9.10. The maximum atomic E-state index is 10.5. The number of hydrogen-bond donors (Lipinski definition) is 1. The van der Waals surface area contributed by atoms with Crippen molar-refractivity contribution in [2.75, 3.05) is 0 Å². The van der Waals surface area contributed by atoms with Crippen molar-refractivity contribution in [2.24, 2.45) is 0 Å². The molecule has 1 unspecified atom stereocenters. The largest absolute Gasteiger partial charge is 0.384 e. The molecule has 2 aromatic carbocycles. The molecule has 90 valence electrons. The predicted molar refractivity (Wildman–Crippen MR) is 80.0 cm³/mol. The van der Waals surface area contributed by atoms with Gasteiger partial charge in [-0.2, -0.15) is 11.3 Å². The fourth-order valence-corrected chi connectivity index (χ4v) is 3.68. The van der Waals surface area contributed by atoms with Crippen molar-refractivity contribution in [1.29, 1.82) is 0 Å². The lowest BCUT2D eigenvalue weighted by molar-refractivity contribution is 0.221. The summed E-state index contributed by atoms with van der Waals surface area (Å²) in [4.78, 5) is 0. The number of fused-ring (bicyclic) bond motifs is 1. The van der Waals surface area contributed by atoms with Crippen molar-refractivity contribution in [1.82, 2.24) is 0 Å². The van der Waals surface area contributed by atoms with Gasteiger partial charge in [-0.1, -0.05) is 42.5 Å². The van der Waals surface area contributed by atoms with E-state index in [1.165, 1.54) is 0 Å². The van der Waals surface area contributed by atoms with E-state index in [1.807, 2.05) is 41.1 Å². The van der Waals surface area contributed by atoms with E-state index >= 15 is 0 Å². The topological polar surface area (TPSA) is 20.2 Å². The second kappa shape index (κ2) is 4.84. The Labute approximate surface area is 118 Å². The molecule has 0 amide bonds. The molecule has 1 aromatic heterocycles. The second-order valence-electron chi connectivity index (χ2n) is 4.15. The number of hydrogen-bond acceptors (Lipinski definition) is 2. The molecule has 1 atom stereocenters. The molecule has 0 aliphatic heterocycles. The van der Waals surface area contributed by atoms with E-state index in [0.29, 0.717) is 0 Å². The van der Waals surface area contributed by atoms with Crippen molar-refractivity contribution in [2.45, 2.75) is 6.10 Å². The van der Waals surface area contributed by atoms with Crippen LogP contribution in [-0.4, -0.2) is 5.11 Å². The number of halogens is 1. The summed E-state index contributed by atoms with van der Waals surface area (Å²) in [7, 11) is 0. The molecule has 3 aromatic rings. The molecule has 1 heterocycles. The van der Waals surface area contributed by atoms with Crippen molar-refractivity contribution >= 4 is 38.0 Å². The van der Waals surface area contributed by atoms with Gasteiger partial charge in [0.15, 0.2) is 0 Å². The first kappa shape index (κ1) is 11.9. The van der Waals surface area contributed by atoms with Crippen LogP contribution in [-0.2, 0) is 0 Å². The van der Waals surface area contributed by atoms with Gasteiger partial charge in [0.25, 0.3) is 0 Å². The van der Waals surface area contributed by atoms with Gasteiger partial charge in [-0.05, 0) is 37.6 Å².